The van der Waals surface area contributed by atoms with Crippen LogP contribution in [0.2, 0.25) is 0 Å². The van der Waals surface area contributed by atoms with Crippen molar-refractivity contribution in [2.45, 2.75) is 24.6 Å². The van der Waals surface area contributed by atoms with Crippen molar-refractivity contribution in [3.05, 3.63) is 73.6 Å². The Labute approximate surface area is 241 Å². The van der Waals surface area contributed by atoms with Crippen LogP contribution in [0.5, 0.6) is 5.75 Å². The Balaban J connectivity index is 1.79. The van der Waals surface area contributed by atoms with Crippen molar-refractivity contribution in [2.24, 2.45) is 0 Å². The number of aromatic carboxylic acids is 1. The fourth-order valence-electron chi connectivity index (χ4n) is 4.49. The average molecular weight is 655 g/mol. The molecule has 0 saturated carbocycles. The van der Waals surface area contributed by atoms with Crippen LogP contribution in [0.1, 0.15) is 28.1 Å². The molecule has 4 rings (SSSR count). The van der Waals surface area contributed by atoms with E-state index < -0.39 is 45.3 Å². The maximum Gasteiger partial charge on any atom is 0.349 e. The first-order chi connectivity index (χ1) is 19.0. The molecule has 2 aromatic carbocycles. The van der Waals surface area contributed by atoms with Crippen LogP contribution < -0.4 is 14.4 Å². The van der Waals surface area contributed by atoms with Gasteiger partial charge >= 0.3 is 11.9 Å². The normalized spacial score (nSPS) is 14.0. The van der Waals surface area contributed by atoms with E-state index in [-0.39, 0.29) is 26.4 Å². The van der Waals surface area contributed by atoms with Crippen molar-refractivity contribution in [1.82, 2.24) is 5.32 Å². The summed E-state index contributed by atoms with van der Waals surface area (Å²) in [6, 6.07) is 11.8. The van der Waals surface area contributed by atoms with Gasteiger partial charge in [0.25, 0.3) is 5.69 Å². The quantitative estimate of drug-likeness (QED) is 0.199. The van der Waals surface area contributed by atoms with Gasteiger partial charge in [-0.25, -0.2) is 18.0 Å². The minimum Gasteiger partial charge on any atom is -0.479 e. The van der Waals surface area contributed by atoms with E-state index in [2.05, 4.69) is 21.2 Å². The Kier molecular flexibility index (Phi) is 9.08. The molecular formula is C25H24BrN3O9S2. The minimum absolute atomic E-state index is 0.0647. The van der Waals surface area contributed by atoms with Crippen molar-refractivity contribution in [3.63, 3.8) is 0 Å². The number of ether oxygens (including phenoxy) is 1. The van der Waals surface area contributed by atoms with Gasteiger partial charge in [-0.3, -0.25) is 14.4 Å². The van der Waals surface area contributed by atoms with Crippen molar-refractivity contribution >= 4 is 60.6 Å². The number of nitro benzene ring substituents is 1. The topological polar surface area (TPSA) is 176 Å². The highest BCUT2D eigenvalue weighted by Gasteiger charge is 2.34. The molecule has 2 heterocycles. The third kappa shape index (κ3) is 6.43. The molecule has 0 aliphatic carbocycles. The summed E-state index contributed by atoms with van der Waals surface area (Å²) < 4.78 is 34.6. The summed E-state index contributed by atoms with van der Waals surface area (Å²) in [6.07, 6.45) is 1.03. The van der Waals surface area contributed by atoms with Crippen molar-refractivity contribution in [2.75, 3.05) is 24.0 Å². The zero-order valence-corrected chi connectivity index (χ0v) is 24.0. The van der Waals surface area contributed by atoms with Crippen LogP contribution in [0.3, 0.4) is 0 Å². The molecule has 0 bridgehead atoms. The second-order valence-corrected chi connectivity index (χ2v) is 12.5. The predicted octanol–water partition coefficient (Wildman–Crippen LogP) is 4.34. The second-order valence-electron chi connectivity index (χ2n) is 8.86. The number of carboxylic acid groups (broad SMARTS) is 2. The van der Waals surface area contributed by atoms with E-state index in [1.165, 1.54) is 22.5 Å². The van der Waals surface area contributed by atoms with Crippen molar-refractivity contribution < 1.29 is 37.9 Å². The first-order valence-electron chi connectivity index (χ1n) is 12.0. The molecule has 1 saturated heterocycles. The Morgan fingerprint density at radius 2 is 1.85 bits per heavy atom. The summed E-state index contributed by atoms with van der Waals surface area (Å²) >= 11 is 4.18. The zero-order chi connectivity index (χ0) is 29.0. The SMILES string of the molecule is O=C(O)COc1c(C(=O)O)sc(-c2cccc(N(C3CCNCC3)S(=O)(=O)Cc3ccccc3[N+](=O)[O-])c2)c1Br. The van der Waals surface area contributed by atoms with Gasteiger partial charge in [0.05, 0.1) is 20.0 Å². The molecule has 3 aromatic rings. The van der Waals surface area contributed by atoms with E-state index in [0.29, 0.717) is 42.1 Å². The Bertz CT molecular complexity index is 1550. The number of carboxylic acids is 2. The maximum absolute atomic E-state index is 13.9. The molecule has 0 spiro atoms. The number of rotatable bonds is 11. The van der Waals surface area contributed by atoms with E-state index >= 15 is 0 Å². The summed E-state index contributed by atoms with van der Waals surface area (Å²) in [5.74, 6) is -3.31. The highest BCUT2D eigenvalue weighted by molar-refractivity contribution is 9.10. The fraction of sp³-hybridized carbons (Fsp3) is 0.280. The number of aliphatic carboxylic acids is 1. The average Bonchev–Trinajstić information content (AvgIpc) is 3.24. The first-order valence-corrected chi connectivity index (χ1v) is 15.2. The molecule has 0 atom stereocenters. The van der Waals surface area contributed by atoms with Gasteiger partial charge in [-0.1, -0.05) is 30.3 Å². The standard InChI is InChI=1S/C25H24BrN3O9S2/c26-21-22(38-13-20(30)31)24(25(32)33)39-23(21)15-5-3-6-18(12-15)28(17-8-10-27-11-9-17)40(36,37)14-16-4-1-2-7-19(16)29(34)35/h1-7,12,17,27H,8-11,13-14H2,(H,30,31)(H,32,33). The third-order valence-corrected chi connectivity index (χ3v) is 10.2. The number of para-hydroxylation sites is 1. The lowest BCUT2D eigenvalue weighted by Gasteiger charge is -2.35. The summed E-state index contributed by atoms with van der Waals surface area (Å²) in [6.45, 7) is 0.428. The number of hydrogen-bond donors (Lipinski definition) is 3. The molecule has 40 heavy (non-hydrogen) atoms. The number of halogens is 1. The van der Waals surface area contributed by atoms with Gasteiger partial charge in [-0.15, -0.1) is 11.3 Å². The molecule has 1 aliphatic rings. The van der Waals surface area contributed by atoms with Crippen molar-refractivity contribution in [1.29, 1.82) is 0 Å². The summed E-state index contributed by atoms with van der Waals surface area (Å²) in [4.78, 5) is 34.0. The zero-order valence-electron chi connectivity index (χ0n) is 20.8. The van der Waals surface area contributed by atoms with Crippen LogP contribution >= 0.6 is 27.3 Å². The number of piperidine rings is 1. The highest BCUT2D eigenvalue weighted by Crippen LogP contribution is 2.46. The van der Waals surface area contributed by atoms with E-state index in [4.69, 9.17) is 9.84 Å². The van der Waals surface area contributed by atoms with Crippen LogP contribution in [0.25, 0.3) is 10.4 Å². The van der Waals surface area contributed by atoms with E-state index in [0.717, 1.165) is 11.3 Å². The second kappa shape index (κ2) is 12.3. The lowest BCUT2D eigenvalue weighted by Crippen LogP contribution is -2.46. The van der Waals surface area contributed by atoms with Gasteiger partial charge in [-0.05, 0) is 59.6 Å². The van der Waals surface area contributed by atoms with Crippen LogP contribution in [-0.2, 0) is 20.6 Å². The predicted molar refractivity (Wildman–Crippen MR) is 152 cm³/mol. The number of thiophene rings is 1. The summed E-state index contributed by atoms with van der Waals surface area (Å²) in [5, 5.41) is 33.4. The number of nitrogens with zero attached hydrogens (tertiary/aromatic N) is 2. The largest absolute Gasteiger partial charge is 0.479 e. The van der Waals surface area contributed by atoms with E-state index in [9.17, 15) is 33.2 Å². The third-order valence-electron chi connectivity index (χ3n) is 6.17. The van der Waals surface area contributed by atoms with Gasteiger partial charge in [0, 0.05) is 17.7 Å². The number of anilines is 1. The van der Waals surface area contributed by atoms with Crippen LogP contribution in [0.4, 0.5) is 11.4 Å². The summed E-state index contributed by atoms with van der Waals surface area (Å²) in [5.41, 5.74) is 0.563. The summed E-state index contributed by atoms with van der Waals surface area (Å²) in [7, 11) is -4.12. The molecule has 1 aromatic heterocycles. The van der Waals surface area contributed by atoms with Crippen LogP contribution in [0, 0.1) is 10.1 Å². The lowest BCUT2D eigenvalue weighted by molar-refractivity contribution is -0.385. The number of benzene rings is 2. The minimum atomic E-state index is -4.12. The molecule has 15 heteroatoms. The fourth-order valence-corrected chi connectivity index (χ4v) is 8.25. The number of hydrogen-bond acceptors (Lipinski definition) is 9. The molecule has 212 valence electrons. The van der Waals surface area contributed by atoms with Crippen LogP contribution in [-0.4, -0.2) is 61.2 Å². The van der Waals surface area contributed by atoms with Gasteiger partial charge in [-0.2, -0.15) is 0 Å². The molecule has 12 nitrogen and oxygen atoms in total. The molecule has 1 fully saturated rings. The van der Waals surface area contributed by atoms with Crippen molar-refractivity contribution in [3.8, 4) is 16.2 Å². The molecule has 0 amide bonds. The lowest BCUT2D eigenvalue weighted by atomic mass is 10.1. The molecule has 1 aliphatic heterocycles. The van der Waals surface area contributed by atoms with E-state index in [1.807, 2.05) is 0 Å². The Morgan fingerprint density at radius 1 is 1.15 bits per heavy atom. The molecular weight excluding hydrogens is 630 g/mol. The smallest absolute Gasteiger partial charge is 0.349 e. The molecule has 0 unspecified atom stereocenters. The number of nitro groups is 1. The molecule has 0 radical (unpaired) electrons. The molecule has 3 N–H and O–H groups in total. The number of sulfonamides is 1. The number of carbonyl (C=O) groups is 2. The van der Waals surface area contributed by atoms with Gasteiger partial charge in [0.15, 0.2) is 17.2 Å². The Morgan fingerprint density at radius 3 is 2.50 bits per heavy atom. The highest BCUT2D eigenvalue weighted by atomic mass is 79.9. The number of nitrogens with one attached hydrogen (secondary N) is 1. The maximum atomic E-state index is 13.9. The van der Waals surface area contributed by atoms with Crippen LogP contribution in [0.15, 0.2) is 53.0 Å². The first kappa shape index (κ1) is 29.5. The van der Waals surface area contributed by atoms with Gasteiger partial charge in [0.2, 0.25) is 10.0 Å². The van der Waals surface area contributed by atoms with Gasteiger partial charge in [0.1, 0.15) is 5.75 Å². The Hall–Kier alpha value is -3.53. The van der Waals surface area contributed by atoms with E-state index in [1.54, 1.807) is 30.3 Å². The van der Waals surface area contributed by atoms with Gasteiger partial charge < -0.3 is 20.3 Å². The monoisotopic (exact) mass is 653 g/mol.